The fraction of sp³-hybridized carbons (Fsp3) is 1.00. The summed E-state index contributed by atoms with van der Waals surface area (Å²) in [5, 5.41) is 0. The van der Waals surface area contributed by atoms with E-state index in [9.17, 15) is 0 Å². The van der Waals surface area contributed by atoms with Crippen LogP contribution in [0.3, 0.4) is 0 Å². The van der Waals surface area contributed by atoms with E-state index in [1.807, 2.05) is 0 Å². The Morgan fingerprint density at radius 2 is 0.917 bits per heavy atom. The van der Waals surface area contributed by atoms with Crippen LogP contribution < -0.4 is 0 Å². The van der Waals surface area contributed by atoms with E-state index in [-0.39, 0.29) is 0 Å². The normalized spacial score (nSPS) is 32.0. The molecule has 0 aromatic heterocycles. The maximum atomic E-state index is 5.39. The van der Waals surface area contributed by atoms with Crippen molar-refractivity contribution in [2.45, 2.75) is 62.9 Å². The lowest BCUT2D eigenvalue weighted by atomic mass is 10.1. The highest BCUT2D eigenvalue weighted by Gasteiger charge is 2.24. The second-order valence-corrected chi connectivity index (χ2v) is 6.96. The van der Waals surface area contributed by atoms with Gasteiger partial charge in [-0.1, -0.05) is 12.8 Å². The fourth-order valence-electron chi connectivity index (χ4n) is 2.38. The Morgan fingerprint density at radius 1 is 0.542 bits per heavy atom. The molecule has 4 aliphatic rings. The van der Waals surface area contributed by atoms with E-state index in [0.717, 1.165) is 65.7 Å². The van der Waals surface area contributed by atoms with Crippen LogP contribution in [0.25, 0.3) is 0 Å². The zero-order valence-corrected chi connectivity index (χ0v) is 14.7. The quantitative estimate of drug-likeness (QED) is 0.354. The summed E-state index contributed by atoms with van der Waals surface area (Å²) in [6.07, 6.45) is 9.35. The Balaban J connectivity index is 0.000000149. The van der Waals surface area contributed by atoms with Crippen LogP contribution in [0.15, 0.2) is 0 Å². The summed E-state index contributed by atoms with van der Waals surface area (Å²) in [5.74, 6) is 0. The van der Waals surface area contributed by atoms with E-state index < -0.39 is 0 Å². The molecule has 0 radical (unpaired) electrons. The first-order valence-corrected chi connectivity index (χ1v) is 9.52. The van der Waals surface area contributed by atoms with Crippen LogP contribution >= 0.6 is 0 Å². The fourth-order valence-corrected chi connectivity index (χ4v) is 2.38. The van der Waals surface area contributed by atoms with E-state index in [0.29, 0.717) is 24.4 Å². The van der Waals surface area contributed by atoms with E-state index >= 15 is 0 Å². The molecule has 24 heavy (non-hydrogen) atoms. The van der Waals surface area contributed by atoms with Crippen LogP contribution in [0.5, 0.6) is 0 Å². The second-order valence-electron chi connectivity index (χ2n) is 6.96. The van der Waals surface area contributed by atoms with Crippen LogP contribution in [0.4, 0.5) is 0 Å². The molecule has 4 atom stereocenters. The van der Waals surface area contributed by atoms with Crippen molar-refractivity contribution in [2.75, 3.05) is 52.9 Å². The molecule has 4 unspecified atom stereocenters. The molecule has 0 N–H and O–H groups in total. The number of hydrogen-bond donors (Lipinski definition) is 0. The lowest BCUT2D eigenvalue weighted by molar-refractivity contribution is 0.0885. The Hall–Kier alpha value is -0.240. The third kappa shape index (κ3) is 10.6. The molecule has 4 rings (SSSR count). The molecule has 140 valence electrons. The molecule has 0 bridgehead atoms. The lowest BCUT2D eigenvalue weighted by Gasteiger charge is -2.03. The monoisotopic (exact) mass is 344 g/mol. The maximum Gasteiger partial charge on any atom is 0.104 e. The largest absolute Gasteiger partial charge is 0.379 e. The van der Waals surface area contributed by atoms with Gasteiger partial charge in [0.05, 0.1) is 51.8 Å². The van der Waals surface area contributed by atoms with Crippen LogP contribution in [0.1, 0.15) is 38.5 Å². The molecule has 6 nitrogen and oxygen atoms in total. The van der Waals surface area contributed by atoms with Gasteiger partial charge in [0.1, 0.15) is 12.2 Å². The Bertz CT molecular complexity index is 291. The molecule has 6 heteroatoms. The van der Waals surface area contributed by atoms with Gasteiger partial charge in [-0.2, -0.15) is 0 Å². The molecule has 4 heterocycles. The minimum atomic E-state index is 0.387. The van der Waals surface area contributed by atoms with Crippen molar-refractivity contribution in [3.05, 3.63) is 0 Å². The summed E-state index contributed by atoms with van der Waals surface area (Å²) < 4.78 is 31.0. The Morgan fingerprint density at radius 3 is 1.25 bits per heavy atom. The molecule has 0 amide bonds. The molecule has 4 aliphatic heterocycles. The first kappa shape index (κ1) is 18.5. The molecule has 4 fully saturated rings. The molecule has 0 aromatic carbocycles. The van der Waals surface area contributed by atoms with Crippen LogP contribution in [0, 0.1) is 0 Å². The first-order chi connectivity index (χ1) is 11.9. The van der Waals surface area contributed by atoms with E-state index in [4.69, 9.17) is 28.4 Å². The van der Waals surface area contributed by atoms with Gasteiger partial charge in [0, 0.05) is 13.2 Å². The van der Waals surface area contributed by atoms with Gasteiger partial charge in [-0.15, -0.1) is 0 Å². The zero-order chi connectivity index (χ0) is 16.5. The zero-order valence-electron chi connectivity index (χ0n) is 14.7. The van der Waals surface area contributed by atoms with Gasteiger partial charge in [0.15, 0.2) is 0 Å². The third-order valence-electron chi connectivity index (χ3n) is 4.35. The van der Waals surface area contributed by atoms with Gasteiger partial charge in [-0.25, -0.2) is 0 Å². The number of ether oxygens (including phenoxy) is 6. The minimum Gasteiger partial charge on any atom is -0.379 e. The number of rotatable bonds is 14. The first-order valence-electron chi connectivity index (χ1n) is 9.52. The van der Waals surface area contributed by atoms with E-state index in [1.165, 1.54) is 25.7 Å². The van der Waals surface area contributed by atoms with E-state index in [1.54, 1.807) is 0 Å². The highest BCUT2D eigenvalue weighted by atomic mass is 16.6. The van der Waals surface area contributed by atoms with Crippen molar-refractivity contribution in [1.82, 2.24) is 0 Å². The van der Waals surface area contributed by atoms with Crippen LogP contribution in [-0.4, -0.2) is 77.3 Å². The molecule has 0 spiro atoms. The van der Waals surface area contributed by atoms with Gasteiger partial charge in [0.25, 0.3) is 0 Å². The van der Waals surface area contributed by atoms with E-state index in [2.05, 4.69) is 0 Å². The van der Waals surface area contributed by atoms with Crippen LogP contribution in [-0.2, 0) is 28.4 Å². The average molecular weight is 344 g/mol. The second kappa shape index (κ2) is 10.7. The SMILES string of the molecule is C(CCC1CO1)CC1CO1.C(CCOCC1CO1)COCC1CO1. The standard InChI is InChI=1S/C10H18O4.C8H14O2/c1(3-11-5-9-7-13-9)2-4-12-6-10-8-14-10;1(3-7-5-9-7)2-4-8-6-10-8/h9-10H,1-8H2;7-8H,1-6H2. The van der Waals surface area contributed by atoms with Gasteiger partial charge < -0.3 is 28.4 Å². The number of hydrogen-bond acceptors (Lipinski definition) is 6. The topological polar surface area (TPSA) is 68.6 Å². The summed E-state index contributed by atoms with van der Waals surface area (Å²) in [6.45, 7) is 6.95. The summed E-state index contributed by atoms with van der Waals surface area (Å²) in [6, 6.07) is 0. The van der Waals surface area contributed by atoms with Crippen molar-refractivity contribution in [2.24, 2.45) is 0 Å². The van der Waals surface area contributed by atoms with Gasteiger partial charge in [0.2, 0.25) is 0 Å². The van der Waals surface area contributed by atoms with Crippen molar-refractivity contribution in [3.63, 3.8) is 0 Å². The van der Waals surface area contributed by atoms with Gasteiger partial charge in [-0.05, 0) is 25.7 Å². The van der Waals surface area contributed by atoms with Crippen molar-refractivity contribution < 1.29 is 28.4 Å². The Labute approximate surface area is 145 Å². The molecular formula is C18H32O6. The molecule has 4 saturated heterocycles. The summed E-state index contributed by atoms with van der Waals surface area (Å²) >= 11 is 0. The van der Waals surface area contributed by atoms with Gasteiger partial charge in [-0.3, -0.25) is 0 Å². The minimum absolute atomic E-state index is 0.387. The predicted molar refractivity (Wildman–Crippen MR) is 88.3 cm³/mol. The maximum absolute atomic E-state index is 5.39. The van der Waals surface area contributed by atoms with Crippen molar-refractivity contribution in [3.8, 4) is 0 Å². The third-order valence-corrected chi connectivity index (χ3v) is 4.35. The summed E-state index contributed by atoms with van der Waals surface area (Å²) in [4.78, 5) is 0. The highest BCUT2D eigenvalue weighted by molar-refractivity contribution is 4.72. The lowest BCUT2D eigenvalue weighted by Crippen LogP contribution is -2.05. The molecule has 0 aromatic rings. The molecule has 0 saturated carbocycles. The Kier molecular flexibility index (Phi) is 8.26. The highest BCUT2D eigenvalue weighted by Crippen LogP contribution is 2.21. The summed E-state index contributed by atoms with van der Waals surface area (Å²) in [5.41, 5.74) is 0. The van der Waals surface area contributed by atoms with Gasteiger partial charge >= 0.3 is 0 Å². The van der Waals surface area contributed by atoms with Crippen molar-refractivity contribution in [1.29, 1.82) is 0 Å². The smallest absolute Gasteiger partial charge is 0.104 e. The molecule has 0 aliphatic carbocycles. The number of epoxide rings is 4. The number of unbranched alkanes of at least 4 members (excludes halogenated alkanes) is 2. The molecular weight excluding hydrogens is 312 g/mol. The summed E-state index contributed by atoms with van der Waals surface area (Å²) in [7, 11) is 0. The van der Waals surface area contributed by atoms with Crippen LogP contribution in [0.2, 0.25) is 0 Å². The van der Waals surface area contributed by atoms with Crippen molar-refractivity contribution >= 4 is 0 Å². The average Bonchev–Trinajstić information content (AvgIpc) is 3.45. The predicted octanol–water partition coefficient (Wildman–Crippen LogP) is 1.94.